The first kappa shape index (κ1) is 14.9. The Bertz CT molecular complexity index is 483. The number of likely N-dealkylation sites (N-methyl/N-ethyl adjacent to an activating group) is 1. The lowest BCUT2D eigenvalue weighted by Gasteiger charge is -2.14. The fourth-order valence-corrected chi connectivity index (χ4v) is 1.76. The van der Waals surface area contributed by atoms with Crippen molar-refractivity contribution in [1.29, 1.82) is 0 Å². The second-order valence-corrected chi connectivity index (χ2v) is 4.12. The van der Waals surface area contributed by atoms with Crippen molar-refractivity contribution in [2.45, 2.75) is 40.3 Å². The van der Waals surface area contributed by atoms with E-state index in [9.17, 15) is 14.9 Å². The van der Waals surface area contributed by atoms with Crippen LogP contribution in [0.15, 0.2) is 0 Å². The molecule has 0 saturated carbocycles. The molecule has 1 unspecified atom stereocenters. The molecule has 1 amide bonds. The minimum absolute atomic E-state index is 0.0852. The summed E-state index contributed by atoms with van der Waals surface area (Å²) in [5.74, 6) is 0.0575. The minimum atomic E-state index is -0.569. The summed E-state index contributed by atoms with van der Waals surface area (Å²) in [5, 5.41) is 20.7. The zero-order chi connectivity index (χ0) is 14.6. The van der Waals surface area contributed by atoms with Crippen LogP contribution in [0.25, 0.3) is 0 Å². The molecule has 1 rings (SSSR count). The molecule has 1 atom stereocenters. The van der Waals surface area contributed by atoms with Gasteiger partial charge in [-0.15, -0.1) is 0 Å². The molecule has 1 aromatic heterocycles. The highest BCUT2D eigenvalue weighted by atomic mass is 16.6. The molecular formula is C11H19N5O3. The van der Waals surface area contributed by atoms with E-state index in [0.717, 1.165) is 0 Å². The number of hydrogen-bond donors (Lipinski definition) is 2. The van der Waals surface area contributed by atoms with Gasteiger partial charge in [0.05, 0.1) is 4.92 Å². The van der Waals surface area contributed by atoms with Gasteiger partial charge >= 0.3 is 5.69 Å². The number of nitrogens with zero attached hydrogens (tertiary/aromatic N) is 3. The Morgan fingerprint density at radius 1 is 1.53 bits per heavy atom. The molecule has 0 spiro atoms. The van der Waals surface area contributed by atoms with Gasteiger partial charge in [0.1, 0.15) is 11.7 Å². The Balaban J connectivity index is 3.05. The van der Waals surface area contributed by atoms with Crippen molar-refractivity contribution in [2.24, 2.45) is 0 Å². The molecule has 0 aliphatic carbocycles. The second kappa shape index (κ2) is 6.17. The first-order valence-corrected chi connectivity index (χ1v) is 6.18. The quantitative estimate of drug-likeness (QED) is 0.593. The summed E-state index contributed by atoms with van der Waals surface area (Å²) >= 11 is 0. The molecule has 8 heteroatoms. The number of anilines is 1. The van der Waals surface area contributed by atoms with Crippen molar-refractivity contribution < 1.29 is 9.72 Å². The van der Waals surface area contributed by atoms with E-state index in [1.54, 1.807) is 13.8 Å². The summed E-state index contributed by atoms with van der Waals surface area (Å²) < 4.78 is 1.49. The van der Waals surface area contributed by atoms with E-state index < -0.39 is 11.0 Å². The van der Waals surface area contributed by atoms with Crippen molar-refractivity contribution in [1.82, 2.24) is 15.1 Å². The van der Waals surface area contributed by atoms with Crippen LogP contribution in [-0.4, -0.2) is 33.2 Å². The fourth-order valence-electron chi connectivity index (χ4n) is 1.76. The lowest BCUT2D eigenvalue weighted by molar-refractivity contribution is -0.384. The van der Waals surface area contributed by atoms with Gasteiger partial charge in [0.15, 0.2) is 0 Å². The van der Waals surface area contributed by atoms with Crippen LogP contribution in [-0.2, 0) is 11.3 Å². The maximum atomic E-state index is 11.7. The highest BCUT2D eigenvalue weighted by molar-refractivity contribution is 5.84. The van der Waals surface area contributed by atoms with Crippen LogP contribution < -0.4 is 10.6 Å². The third-order valence-corrected chi connectivity index (χ3v) is 2.68. The third-order valence-electron chi connectivity index (χ3n) is 2.68. The molecule has 106 valence electrons. The Labute approximate surface area is 111 Å². The van der Waals surface area contributed by atoms with Gasteiger partial charge in [0.25, 0.3) is 0 Å². The molecule has 0 saturated heterocycles. The normalized spacial score (nSPS) is 12.0. The standard InChI is InChI=1S/C11H19N5O3/c1-5-12-11(17)8(4)13-10-9(16(18)19)7(3)14-15(10)6-2/h8,13H,5-6H2,1-4H3,(H,12,17). The lowest BCUT2D eigenvalue weighted by Crippen LogP contribution is -2.38. The summed E-state index contributed by atoms with van der Waals surface area (Å²) in [6, 6.07) is -0.569. The lowest BCUT2D eigenvalue weighted by atomic mass is 10.3. The molecular weight excluding hydrogens is 250 g/mol. The number of rotatable bonds is 6. The van der Waals surface area contributed by atoms with Crippen molar-refractivity contribution in [3.8, 4) is 0 Å². The van der Waals surface area contributed by atoms with Gasteiger partial charge in [-0.25, -0.2) is 4.68 Å². The number of nitrogens with one attached hydrogen (secondary N) is 2. The van der Waals surface area contributed by atoms with E-state index in [1.807, 2.05) is 13.8 Å². The van der Waals surface area contributed by atoms with Crippen LogP contribution in [0, 0.1) is 17.0 Å². The number of amides is 1. The van der Waals surface area contributed by atoms with Gasteiger partial charge in [0.2, 0.25) is 11.7 Å². The molecule has 1 heterocycles. The highest BCUT2D eigenvalue weighted by Gasteiger charge is 2.27. The smallest absolute Gasteiger partial charge is 0.333 e. The van der Waals surface area contributed by atoms with E-state index in [2.05, 4.69) is 15.7 Å². The van der Waals surface area contributed by atoms with Crippen LogP contribution >= 0.6 is 0 Å². The number of nitro groups is 1. The molecule has 8 nitrogen and oxygen atoms in total. The van der Waals surface area contributed by atoms with E-state index in [0.29, 0.717) is 18.8 Å². The van der Waals surface area contributed by atoms with E-state index in [1.165, 1.54) is 4.68 Å². The summed E-state index contributed by atoms with van der Waals surface area (Å²) in [6.45, 7) is 7.87. The van der Waals surface area contributed by atoms with Gasteiger partial charge in [-0.3, -0.25) is 14.9 Å². The molecule has 0 radical (unpaired) electrons. The Morgan fingerprint density at radius 3 is 2.63 bits per heavy atom. The molecule has 0 aromatic carbocycles. The molecule has 2 N–H and O–H groups in total. The average Bonchev–Trinajstić information content (AvgIpc) is 2.65. The van der Waals surface area contributed by atoms with E-state index >= 15 is 0 Å². The average molecular weight is 269 g/mol. The molecule has 0 bridgehead atoms. The fraction of sp³-hybridized carbons (Fsp3) is 0.636. The van der Waals surface area contributed by atoms with Crippen molar-refractivity contribution >= 4 is 17.4 Å². The molecule has 0 fully saturated rings. The Kier molecular flexibility index (Phi) is 4.85. The van der Waals surface area contributed by atoms with Crippen LogP contribution in [0.1, 0.15) is 26.5 Å². The third kappa shape index (κ3) is 3.21. The van der Waals surface area contributed by atoms with E-state index in [-0.39, 0.29) is 17.4 Å². The van der Waals surface area contributed by atoms with Crippen LogP contribution in [0.2, 0.25) is 0 Å². The summed E-state index contributed by atoms with van der Waals surface area (Å²) in [6.07, 6.45) is 0. The predicted octanol–water partition coefficient (Wildman–Crippen LogP) is 1.06. The number of carbonyl (C=O) groups excluding carboxylic acids is 1. The molecule has 0 aliphatic heterocycles. The zero-order valence-electron chi connectivity index (χ0n) is 11.6. The van der Waals surface area contributed by atoms with Gasteiger partial charge in [-0.2, -0.15) is 5.10 Å². The Morgan fingerprint density at radius 2 is 2.16 bits per heavy atom. The first-order valence-electron chi connectivity index (χ1n) is 6.18. The van der Waals surface area contributed by atoms with Crippen LogP contribution in [0.3, 0.4) is 0 Å². The topological polar surface area (TPSA) is 102 Å². The zero-order valence-corrected chi connectivity index (χ0v) is 11.6. The van der Waals surface area contributed by atoms with Gasteiger partial charge < -0.3 is 10.6 Å². The summed E-state index contributed by atoms with van der Waals surface area (Å²) in [7, 11) is 0. The second-order valence-electron chi connectivity index (χ2n) is 4.12. The first-order chi connectivity index (χ1) is 8.92. The number of aryl methyl sites for hydroxylation is 2. The largest absolute Gasteiger partial charge is 0.355 e. The highest BCUT2D eigenvalue weighted by Crippen LogP contribution is 2.28. The van der Waals surface area contributed by atoms with Crippen molar-refractivity contribution in [3.63, 3.8) is 0 Å². The van der Waals surface area contributed by atoms with Crippen molar-refractivity contribution in [2.75, 3.05) is 11.9 Å². The minimum Gasteiger partial charge on any atom is -0.355 e. The summed E-state index contributed by atoms with van der Waals surface area (Å²) in [5.41, 5.74) is 0.246. The number of carbonyl (C=O) groups is 1. The number of hydrogen-bond acceptors (Lipinski definition) is 5. The molecule has 19 heavy (non-hydrogen) atoms. The number of aromatic nitrogens is 2. The maximum absolute atomic E-state index is 11.7. The van der Waals surface area contributed by atoms with Gasteiger partial charge in [0, 0.05) is 13.1 Å². The van der Waals surface area contributed by atoms with Crippen molar-refractivity contribution in [3.05, 3.63) is 15.8 Å². The Hall–Kier alpha value is -2.12. The van der Waals surface area contributed by atoms with Gasteiger partial charge in [-0.1, -0.05) is 0 Å². The predicted molar refractivity (Wildman–Crippen MR) is 71.1 cm³/mol. The SMILES string of the molecule is CCNC(=O)C(C)Nc1c([N+](=O)[O-])c(C)nn1CC. The maximum Gasteiger partial charge on any atom is 0.333 e. The monoisotopic (exact) mass is 269 g/mol. The summed E-state index contributed by atoms with van der Waals surface area (Å²) in [4.78, 5) is 22.2. The van der Waals surface area contributed by atoms with E-state index in [4.69, 9.17) is 0 Å². The van der Waals surface area contributed by atoms with Gasteiger partial charge in [-0.05, 0) is 27.7 Å². The molecule has 1 aromatic rings. The van der Waals surface area contributed by atoms with Crippen LogP contribution in [0.5, 0.6) is 0 Å². The van der Waals surface area contributed by atoms with Crippen LogP contribution in [0.4, 0.5) is 11.5 Å². The molecule has 0 aliphatic rings.